The Hall–Kier alpha value is -2.27. The summed E-state index contributed by atoms with van der Waals surface area (Å²) in [5, 5.41) is 8.59. The largest absolute Gasteiger partial charge is 0.451 e. The van der Waals surface area contributed by atoms with Crippen LogP contribution in [-0.4, -0.2) is 15.7 Å². The third kappa shape index (κ3) is 2.84. The lowest BCUT2D eigenvalue weighted by atomic mass is 10.1. The van der Waals surface area contributed by atoms with Gasteiger partial charge in [0, 0.05) is 28.7 Å². The van der Waals surface area contributed by atoms with Crippen LogP contribution in [0.25, 0.3) is 11.0 Å². The van der Waals surface area contributed by atoms with Crippen LogP contribution in [0.3, 0.4) is 0 Å². The molecule has 6 heteroatoms. The molecule has 4 rings (SSSR count). The number of aromatic nitrogens is 2. The van der Waals surface area contributed by atoms with Gasteiger partial charge >= 0.3 is 0 Å². The van der Waals surface area contributed by atoms with Gasteiger partial charge in [0.05, 0.1) is 11.9 Å². The number of aryl methyl sites for hydroxylation is 1. The maximum atomic E-state index is 12.5. The van der Waals surface area contributed by atoms with Gasteiger partial charge in [0.15, 0.2) is 5.76 Å². The SMILES string of the molecule is Cc1c(C(=O)Nc2cnn(CC3CC3)c2)oc2ccc(Cl)cc12. The molecule has 1 N–H and O–H groups in total. The third-order valence-electron chi connectivity index (χ3n) is 4.14. The standard InChI is InChI=1S/C17H16ClN3O2/c1-10-14-6-12(18)4-5-15(14)23-16(10)17(22)20-13-7-19-21(9-13)8-11-2-3-11/h4-7,9,11H,2-3,8H2,1H3,(H,20,22). The van der Waals surface area contributed by atoms with Crippen molar-refractivity contribution in [1.82, 2.24) is 9.78 Å². The number of amides is 1. The van der Waals surface area contributed by atoms with Gasteiger partial charge < -0.3 is 9.73 Å². The van der Waals surface area contributed by atoms with E-state index in [0.29, 0.717) is 22.1 Å². The van der Waals surface area contributed by atoms with Crippen molar-refractivity contribution in [3.8, 4) is 0 Å². The van der Waals surface area contributed by atoms with Crippen LogP contribution in [0.2, 0.25) is 5.02 Å². The minimum atomic E-state index is -0.277. The van der Waals surface area contributed by atoms with Crippen molar-refractivity contribution in [2.24, 2.45) is 5.92 Å². The first kappa shape index (κ1) is 14.3. The summed E-state index contributed by atoms with van der Waals surface area (Å²) in [6, 6.07) is 5.33. The Morgan fingerprint density at radius 3 is 3.09 bits per heavy atom. The Morgan fingerprint density at radius 2 is 2.30 bits per heavy atom. The molecule has 0 atom stereocenters. The smallest absolute Gasteiger partial charge is 0.291 e. The van der Waals surface area contributed by atoms with Crippen molar-refractivity contribution < 1.29 is 9.21 Å². The predicted molar refractivity (Wildman–Crippen MR) is 88.9 cm³/mol. The van der Waals surface area contributed by atoms with E-state index < -0.39 is 0 Å². The lowest BCUT2D eigenvalue weighted by Crippen LogP contribution is -2.11. The maximum Gasteiger partial charge on any atom is 0.291 e. The molecule has 3 aromatic rings. The van der Waals surface area contributed by atoms with E-state index in [2.05, 4.69) is 10.4 Å². The van der Waals surface area contributed by atoms with Crippen LogP contribution < -0.4 is 5.32 Å². The minimum absolute atomic E-state index is 0.277. The number of nitrogens with zero attached hydrogens (tertiary/aromatic N) is 2. The quantitative estimate of drug-likeness (QED) is 0.778. The molecule has 5 nitrogen and oxygen atoms in total. The maximum absolute atomic E-state index is 12.5. The van der Waals surface area contributed by atoms with Crippen LogP contribution in [0, 0.1) is 12.8 Å². The van der Waals surface area contributed by atoms with E-state index in [1.165, 1.54) is 12.8 Å². The number of anilines is 1. The summed E-state index contributed by atoms with van der Waals surface area (Å²) in [6.07, 6.45) is 6.05. The summed E-state index contributed by atoms with van der Waals surface area (Å²) in [7, 11) is 0. The number of nitrogens with one attached hydrogen (secondary N) is 1. The average Bonchev–Trinajstić information content (AvgIpc) is 3.13. The highest BCUT2D eigenvalue weighted by molar-refractivity contribution is 6.31. The first-order valence-corrected chi connectivity index (χ1v) is 8.00. The number of carbonyl (C=O) groups is 1. The van der Waals surface area contributed by atoms with E-state index in [0.717, 1.165) is 23.4 Å². The summed E-state index contributed by atoms with van der Waals surface area (Å²) in [5.41, 5.74) is 2.11. The monoisotopic (exact) mass is 329 g/mol. The average molecular weight is 330 g/mol. The van der Waals surface area contributed by atoms with E-state index in [1.807, 2.05) is 17.8 Å². The van der Waals surface area contributed by atoms with Crippen molar-refractivity contribution in [2.45, 2.75) is 26.3 Å². The second-order valence-electron chi connectivity index (χ2n) is 6.05. The molecule has 1 amide bonds. The summed E-state index contributed by atoms with van der Waals surface area (Å²) < 4.78 is 7.54. The molecule has 0 aliphatic heterocycles. The molecule has 1 saturated carbocycles. The van der Waals surface area contributed by atoms with Crippen molar-refractivity contribution in [3.63, 3.8) is 0 Å². The van der Waals surface area contributed by atoms with E-state index in [-0.39, 0.29) is 5.91 Å². The molecule has 0 saturated heterocycles. The molecule has 0 bridgehead atoms. The number of carbonyl (C=O) groups excluding carboxylic acids is 1. The fourth-order valence-corrected chi connectivity index (χ4v) is 2.86. The van der Waals surface area contributed by atoms with Gasteiger partial charge in [-0.15, -0.1) is 0 Å². The highest BCUT2D eigenvalue weighted by Crippen LogP contribution is 2.31. The van der Waals surface area contributed by atoms with Crippen LogP contribution in [0.1, 0.15) is 29.0 Å². The fraction of sp³-hybridized carbons (Fsp3) is 0.294. The normalized spacial score (nSPS) is 14.3. The molecule has 1 aromatic carbocycles. The highest BCUT2D eigenvalue weighted by atomic mass is 35.5. The summed E-state index contributed by atoms with van der Waals surface area (Å²) in [5.74, 6) is 0.763. The second-order valence-corrected chi connectivity index (χ2v) is 6.48. The number of hydrogen-bond acceptors (Lipinski definition) is 3. The van der Waals surface area contributed by atoms with Gasteiger partial charge in [0.2, 0.25) is 0 Å². The summed E-state index contributed by atoms with van der Waals surface area (Å²) in [4.78, 5) is 12.5. The van der Waals surface area contributed by atoms with Gasteiger partial charge in [0.1, 0.15) is 5.58 Å². The molecule has 2 aromatic heterocycles. The van der Waals surface area contributed by atoms with Gasteiger partial charge in [-0.25, -0.2) is 0 Å². The van der Waals surface area contributed by atoms with Crippen LogP contribution in [0.15, 0.2) is 35.0 Å². The Morgan fingerprint density at radius 1 is 1.48 bits per heavy atom. The van der Waals surface area contributed by atoms with Crippen molar-refractivity contribution >= 4 is 34.2 Å². The molecule has 1 fully saturated rings. The van der Waals surface area contributed by atoms with E-state index in [9.17, 15) is 4.79 Å². The number of halogens is 1. The van der Waals surface area contributed by atoms with Crippen LogP contribution in [-0.2, 0) is 6.54 Å². The van der Waals surface area contributed by atoms with Crippen molar-refractivity contribution in [1.29, 1.82) is 0 Å². The van der Waals surface area contributed by atoms with Crippen molar-refractivity contribution in [3.05, 3.63) is 46.9 Å². The Bertz CT molecular complexity index is 893. The molecular weight excluding hydrogens is 314 g/mol. The molecule has 23 heavy (non-hydrogen) atoms. The molecule has 118 valence electrons. The fourth-order valence-electron chi connectivity index (χ4n) is 2.69. The van der Waals surface area contributed by atoms with E-state index in [4.69, 9.17) is 16.0 Å². The van der Waals surface area contributed by atoms with Crippen LogP contribution in [0.4, 0.5) is 5.69 Å². The zero-order chi connectivity index (χ0) is 16.0. The number of hydrogen-bond donors (Lipinski definition) is 1. The topological polar surface area (TPSA) is 60.1 Å². The van der Waals surface area contributed by atoms with Gasteiger partial charge in [-0.1, -0.05) is 11.6 Å². The zero-order valence-corrected chi connectivity index (χ0v) is 13.4. The molecule has 0 unspecified atom stereocenters. The van der Waals surface area contributed by atoms with Gasteiger partial charge in [-0.2, -0.15) is 5.10 Å². The lowest BCUT2D eigenvalue weighted by Gasteiger charge is -2.00. The number of fused-ring (bicyclic) bond motifs is 1. The number of benzene rings is 1. The molecule has 0 radical (unpaired) electrons. The van der Waals surface area contributed by atoms with Gasteiger partial charge in [0.25, 0.3) is 5.91 Å². The minimum Gasteiger partial charge on any atom is -0.451 e. The Balaban J connectivity index is 1.56. The predicted octanol–water partition coefficient (Wildman–Crippen LogP) is 4.25. The lowest BCUT2D eigenvalue weighted by molar-refractivity contribution is 0.0998. The van der Waals surface area contributed by atoms with Gasteiger partial charge in [-0.3, -0.25) is 9.48 Å². The van der Waals surface area contributed by atoms with Crippen LogP contribution in [0.5, 0.6) is 0 Å². The Kier molecular flexibility index (Phi) is 3.38. The van der Waals surface area contributed by atoms with Crippen molar-refractivity contribution in [2.75, 3.05) is 5.32 Å². The highest BCUT2D eigenvalue weighted by Gasteiger charge is 2.22. The summed E-state index contributed by atoms with van der Waals surface area (Å²) in [6.45, 7) is 2.77. The number of furan rings is 1. The number of rotatable bonds is 4. The summed E-state index contributed by atoms with van der Waals surface area (Å²) >= 11 is 6.01. The van der Waals surface area contributed by atoms with E-state index >= 15 is 0 Å². The first-order valence-electron chi connectivity index (χ1n) is 7.62. The third-order valence-corrected chi connectivity index (χ3v) is 4.37. The van der Waals surface area contributed by atoms with Crippen LogP contribution >= 0.6 is 11.6 Å². The molecule has 2 heterocycles. The molecular formula is C17H16ClN3O2. The van der Waals surface area contributed by atoms with E-state index in [1.54, 1.807) is 24.4 Å². The molecule has 1 aliphatic rings. The Labute approximate surface area is 138 Å². The zero-order valence-electron chi connectivity index (χ0n) is 12.7. The second kappa shape index (κ2) is 5.42. The molecule has 0 spiro atoms. The first-order chi connectivity index (χ1) is 11.1. The van der Waals surface area contributed by atoms with Gasteiger partial charge in [-0.05, 0) is 43.9 Å². The molecule has 1 aliphatic carbocycles.